The molecule has 0 saturated heterocycles. The van der Waals surface area contributed by atoms with Gasteiger partial charge in [-0.1, -0.05) is 45.0 Å². The van der Waals surface area contributed by atoms with Gasteiger partial charge in [0, 0.05) is 12.1 Å². The van der Waals surface area contributed by atoms with Gasteiger partial charge in [-0.15, -0.1) is 0 Å². The van der Waals surface area contributed by atoms with Gasteiger partial charge < -0.3 is 9.84 Å². The van der Waals surface area contributed by atoms with Gasteiger partial charge in [-0.25, -0.2) is 8.42 Å². The van der Waals surface area contributed by atoms with Crippen LogP contribution in [0.2, 0.25) is 0 Å². The summed E-state index contributed by atoms with van der Waals surface area (Å²) < 4.78 is 32.2. The number of benzene rings is 1. The SMILES string of the molecule is CCC(C)N(CC(=O)Nc1ccon1)S(=O)(=O)c1ccc(C(C)(C)C)cc1. The quantitative estimate of drug-likeness (QED) is 0.778. The molecule has 2 rings (SSSR count). The van der Waals surface area contributed by atoms with Crippen LogP contribution in [0.3, 0.4) is 0 Å². The van der Waals surface area contributed by atoms with Crippen LogP contribution in [0.15, 0.2) is 46.0 Å². The fourth-order valence-corrected chi connectivity index (χ4v) is 4.21. The first kappa shape index (κ1) is 21.1. The maximum atomic E-state index is 13.1. The molecule has 1 N–H and O–H groups in total. The van der Waals surface area contributed by atoms with Crippen LogP contribution in [0.5, 0.6) is 0 Å². The van der Waals surface area contributed by atoms with Crippen LogP contribution < -0.4 is 5.32 Å². The molecule has 148 valence electrons. The summed E-state index contributed by atoms with van der Waals surface area (Å²) in [6.07, 6.45) is 1.91. The van der Waals surface area contributed by atoms with Crippen LogP contribution in [0.4, 0.5) is 5.82 Å². The fraction of sp³-hybridized carbons (Fsp3) is 0.474. The summed E-state index contributed by atoms with van der Waals surface area (Å²) in [5, 5.41) is 6.14. The van der Waals surface area contributed by atoms with Crippen molar-refractivity contribution in [2.75, 3.05) is 11.9 Å². The summed E-state index contributed by atoms with van der Waals surface area (Å²) in [4.78, 5) is 12.5. The van der Waals surface area contributed by atoms with E-state index in [4.69, 9.17) is 0 Å². The van der Waals surface area contributed by atoms with E-state index in [-0.39, 0.29) is 28.7 Å². The van der Waals surface area contributed by atoms with Crippen molar-refractivity contribution in [2.45, 2.75) is 57.4 Å². The number of rotatable bonds is 7. The van der Waals surface area contributed by atoms with E-state index in [1.165, 1.54) is 16.6 Å². The lowest BCUT2D eigenvalue weighted by molar-refractivity contribution is -0.116. The van der Waals surface area contributed by atoms with Crippen LogP contribution in [0, 0.1) is 0 Å². The molecule has 0 saturated carbocycles. The molecular weight excluding hydrogens is 366 g/mol. The molecule has 8 heteroatoms. The Kier molecular flexibility index (Phi) is 6.43. The Morgan fingerprint density at radius 3 is 2.33 bits per heavy atom. The zero-order chi connectivity index (χ0) is 20.2. The maximum absolute atomic E-state index is 13.1. The van der Waals surface area contributed by atoms with Crippen molar-refractivity contribution in [3.05, 3.63) is 42.2 Å². The van der Waals surface area contributed by atoms with E-state index in [9.17, 15) is 13.2 Å². The van der Waals surface area contributed by atoms with Crippen molar-refractivity contribution in [3.63, 3.8) is 0 Å². The van der Waals surface area contributed by atoms with E-state index in [0.29, 0.717) is 6.42 Å². The van der Waals surface area contributed by atoms with Crippen molar-refractivity contribution in [2.24, 2.45) is 0 Å². The molecule has 27 heavy (non-hydrogen) atoms. The summed E-state index contributed by atoms with van der Waals surface area (Å²) >= 11 is 0. The highest BCUT2D eigenvalue weighted by molar-refractivity contribution is 7.89. The predicted octanol–water partition coefficient (Wildman–Crippen LogP) is 3.40. The molecule has 1 aromatic heterocycles. The Hall–Kier alpha value is -2.19. The second-order valence-corrected chi connectivity index (χ2v) is 9.41. The van der Waals surface area contributed by atoms with Crippen LogP contribution in [-0.2, 0) is 20.2 Å². The minimum Gasteiger partial charge on any atom is -0.363 e. The molecule has 1 amide bonds. The Balaban J connectivity index is 2.27. The van der Waals surface area contributed by atoms with Crippen LogP contribution in [0.25, 0.3) is 0 Å². The smallest absolute Gasteiger partial charge is 0.243 e. The minimum absolute atomic E-state index is 0.0732. The second-order valence-electron chi connectivity index (χ2n) is 7.51. The topological polar surface area (TPSA) is 92.5 Å². The Morgan fingerprint density at radius 2 is 1.85 bits per heavy atom. The Bertz CT molecular complexity index is 853. The minimum atomic E-state index is -3.82. The van der Waals surface area contributed by atoms with Gasteiger partial charge in [-0.05, 0) is 36.5 Å². The number of aromatic nitrogens is 1. The molecule has 1 atom stereocenters. The van der Waals surface area contributed by atoms with Gasteiger partial charge >= 0.3 is 0 Å². The van der Waals surface area contributed by atoms with Crippen molar-refractivity contribution in [1.82, 2.24) is 9.46 Å². The molecule has 1 unspecified atom stereocenters. The van der Waals surface area contributed by atoms with Crippen LogP contribution >= 0.6 is 0 Å². The lowest BCUT2D eigenvalue weighted by Crippen LogP contribution is -2.43. The van der Waals surface area contributed by atoms with E-state index in [2.05, 4.69) is 35.8 Å². The largest absolute Gasteiger partial charge is 0.363 e. The molecule has 0 aliphatic heterocycles. The van der Waals surface area contributed by atoms with Gasteiger partial charge in [-0.3, -0.25) is 4.79 Å². The first-order valence-corrected chi connectivity index (χ1v) is 10.3. The molecule has 1 heterocycles. The molecule has 0 bridgehead atoms. The monoisotopic (exact) mass is 393 g/mol. The molecule has 1 aromatic carbocycles. The maximum Gasteiger partial charge on any atom is 0.243 e. The zero-order valence-corrected chi connectivity index (χ0v) is 17.2. The highest BCUT2D eigenvalue weighted by Gasteiger charge is 2.30. The van der Waals surface area contributed by atoms with Gasteiger partial charge in [0.2, 0.25) is 15.9 Å². The Labute approximate surface area is 160 Å². The number of anilines is 1. The van der Waals surface area contributed by atoms with Crippen molar-refractivity contribution >= 4 is 21.7 Å². The average molecular weight is 394 g/mol. The summed E-state index contributed by atoms with van der Waals surface area (Å²) in [5.41, 5.74) is 0.969. The summed E-state index contributed by atoms with van der Waals surface area (Å²) in [6.45, 7) is 9.56. The molecular formula is C19H27N3O4S. The summed E-state index contributed by atoms with van der Waals surface area (Å²) in [5.74, 6) is -0.227. The number of hydrogen-bond acceptors (Lipinski definition) is 5. The second kappa shape index (κ2) is 8.22. The first-order chi connectivity index (χ1) is 12.6. The fourth-order valence-electron chi connectivity index (χ4n) is 2.54. The number of sulfonamides is 1. The number of nitrogens with zero attached hydrogens (tertiary/aromatic N) is 2. The third-order valence-electron chi connectivity index (χ3n) is 4.41. The van der Waals surface area contributed by atoms with Crippen molar-refractivity contribution in [3.8, 4) is 0 Å². The number of hydrogen-bond donors (Lipinski definition) is 1. The molecule has 0 fully saturated rings. The van der Waals surface area contributed by atoms with E-state index < -0.39 is 15.9 Å². The van der Waals surface area contributed by atoms with Crippen molar-refractivity contribution < 1.29 is 17.7 Å². The first-order valence-electron chi connectivity index (χ1n) is 8.88. The Morgan fingerprint density at radius 1 is 1.22 bits per heavy atom. The zero-order valence-electron chi connectivity index (χ0n) is 16.4. The van der Waals surface area contributed by atoms with Gasteiger partial charge in [0.05, 0.1) is 11.4 Å². The number of carbonyl (C=O) groups excluding carboxylic acids is 1. The van der Waals surface area contributed by atoms with Crippen molar-refractivity contribution in [1.29, 1.82) is 0 Å². The molecule has 0 radical (unpaired) electrons. The molecule has 2 aromatic rings. The molecule has 0 aliphatic carbocycles. The number of carbonyl (C=O) groups is 1. The molecule has 0 aliphatic rings. The molecule has 7 nitrogen and oxygen atoms in total. The summed E-state index contributed by atoms with van der Waals surface area (Å²) in [7, 11) is -3.82. The number of nitrogens with one attached hydrogen (secondary N) is 1. The third-order valence-corrected chi connectivity index (χ3v) is 6.39. The third kappa shape index (κ3) is 5.17. The average Bonchev–Trinajstić information content (AvgIpc) is 3.11. The van der Waals surface area contributed by atoms with Crippen LogP contribution in [-0.4, -0.2) is 36.4 Å². The van der Waals surface area contributed by atoms with E-state index in [0.717, 1.165) is 5.56 Å². The van der Waals surface area contributed by atoms with Gasteiger partial charge in [0.15, 0.2) is 5.82 Å². The van der Waals surface area contributed by atoms with Crippen LogP contribution in [0.1, 0.15) is 46.6 Å². The van der Waals surface area contributed by atoms with E-state index in [1.54, 1.807) is 19.1 Å². The highest BCUT2D eigenvalue weighted by atomic mass is 32.2. The predicted molar refractivity (Wildman–Crippen MR) is 104 cm³/mol. The summed E-state index contributed by atoms with van der Waals surface area (Å²) in [6, 6.07) is 7.99. The highest BCUT2D eigenvalue weighted by Crippen LogP contribution is 2.25. The lowest BCUT2D eigenvalue weighted by atomic mass is 9.87. The van der Waals surface area contributed by atoms with Gasteiger partial charge in [0.25, 0.3) is 0 Å². The molecule has 0 spiro atoms. The van der Waals surface area contributed by atoms with Gasteiger partial charge in [-0.2, -0.15) is 4.31 Å². The standard InChI is InChI=1S/C19H27N3O4S/c1-6-14(2)22(13-18(23)20-17-11-12-26-21-17)27(24,25)16-9-7-15(8-10-16)19(3,4)5/h7-12,14H,6,13H2,1-5H3,(H,20,21,23). The van der Waals surface area contributed by atoms with Gasteiger partial charge in [0.1, 0.15) is 6.26 Å². The van der Waals surface area contributed by atoms with E-state index >= 15 is 0 Å². The number of amides is 1. The lowest BCUT2D eigenvalue weighted by Gasteiger charge is -2.27. The normalized spacial score (nSPS) is 13.6. The van der Waals surface area contributed by atoms with E-state index in [1.807, 2.05) is 19.1 Å².